The summed E-state index contributed by atoms with van der Waals surface area (Å²) >= 11 is 3.18. The Kier molecular flexibility index (Phi) is 5.09. The number of thioether (sulfide) groups is 1. The average molecular weight is 345 g/mol. The molecule has 0 unspecified atom stereocenters. The molecular formula is C16H15N3O2S2. The molecule has 1 aromatic carbocycles. The minimum Gasteiger partial charge on any atom is -0.464 e. The zero-order valence-corrected chi connectivity index (χ0v) is 14.1. The second-order valence-electron chi connectivity index (χ2n) is 4.78. The lowest BCUT2D eigenvalue weighted by Crippen LogP contribution is -2.00. The fraction of sp³-hybridized carbons (Fsp3) is 0.188. The number of hydrogen-bond donors (Lipinski definition) is 1. The first-order valence-corrected chi connectivity index (χ1v) is 8.84. The van der Waals surface area contributed by atoms with Gasteiger partial charge in [-0.1, -0.05) is 42.1 Å². The summed E-state index contributed by atoms with van der Waals surface area (Å²) in [4.78, 5) is 23.1. The van der Waals surface area contributed by atoms with Gasteiger partial charge in [0.25, 0.3) is 0 Å². The average Bonchev–Trinajstić information content (AvgIpc) is 3.22. The normalized spacial score (nSPS) is 10.7. The van der Waals surface area contributed by atoms with Crippen molar-refractivity contribution in [3.8, 4) is 0 Å². The largest absolute Gasteiger partial charge is 0.464 e. The molecule has 3 aromatic rings. The minimum atomic E-state index is -0.414. The van der Waals surface area contributed by atoms with E-state index in [9.17, 15) is 4.79 Å². The molecular weight excluding hydrogens is 330 g/mol. The molecule has 0 spiro atoms. The van der Waals surface area contributed by atoms with E-state index in [0.717, 1.165) is 17.1 Å². The highest BCUT2D eigenvalue weighted by Crippen LogP contribution is 2.22. The molecule has 2 heterocycles. The van der Waals surface area contributed by atoms with Crippen LogP contribution in [0, 0.1) is 0 Å². The van der Waals surface area contributed by atoms with E-state index in [1.165, 1.54) is 30.6 Å². The predicted octanol–water partition coefficient (Wildman–Crippen LogP) is 3.54. The van der Waals surface area contributed by atoms with Crippen molar-refractivity contribution in [1.82, 2.24) is 15.0 Å². The number of H-pyrrole nitrogens is 1. The van der Waals surface area contributed by atoms with Crippen molar-refractivity contribution in [2.45, 2.75) is 17.3 Å². The first-order chi connectivity index (χ1) is 11.2. The molecule has 0 aliphatic rings. The Morgan fingerprint density at radius 3 is 2.96 bits per heavy atom. The van der Waals surface area contributed by atoms with Crippen molar-refractivity contribution in [3.05, 3.63) is 63.9 Å². The molecule has 0 fully saturated rings. The van der Waals surface area contributed by atoms with E-state index in [2.05, 4.69) is 37.2 Å². The van der Waals surface area contributed by atoms with Crippen LogP contribution in [0.25, 0.3) is 0 Å². The minimum absolute atomic E-state index is 0.359. The van der Waals surface area contributed by atoms with Crippen LogP contribution in [0.4, 0.5) is 0 Å². The molecule has 118 valence electrons. The Labute approximate surface area is 142 Å². The number of aromatic amines is 1. The van der Waals surface area contributed by atoms with Crippen molar-refractivity contribution >= 4 is 29.1 Å². The van der Waals surface area contributed by atoms with Crippen LogP contribution in [-0.4, -0.2) is 28.0 Å². The molecule has 0 aliphatic heterocycles. The van der Waals surface area contributed by atoms with E-state index in [1.54, 1.807) is 11.3 Å². The van der Waals surface area contributed by atoms with Gasteiger partial charge in [-0.25, -0.2) is 14.8 Å². The van der Waals surface area contributed by atoms with Gasteiger partial charge >= 0.3 is 5.97 Å². The third kappa shape index (κ3) is 4.20. The van der Waals surface area contributed by atoms with Gasteiger partial charge in [0.15, 0.2) is 5.16 Å². The van der Waals surface area contributed by atoms with Gasteiger partial charge in [-0.2, -0.15) is 0 Å². The maximum absolute atomic E-state index is 11.4. The van der Waals surface area contributed by atoms with E-state index < -0.39 is 5.97 Å². The summed E-state index contributed by atoms with van der Waals surface area (Å²) in [6, 6.07) is 10.3. The fourth-order valence-corrected chi connectivity index (χ4v) is 3.67. The number of nitrogens with one attached hydrogen (secondary N) is 1. The number of ether oxygens (including phenoxy) is 1. The van der Waals surface area contributed by atoms with Crippen LogP contribution in [0.2, 0.25) is 0 Å². The maximum Gasteiger partial charge on any atom is 0.356 e. The van der Waals surface area contributed by atoms with Gasteiger partial charge in [-0.3, -0.25) is 0 Å². The first-order valence-electron chi connectivity index (χ1n) is 6.98. The van der Waals surface area contributed by atoms with Crippen molar-refractivity contribution in [1.29, 1.82) is 0 Å². The number of thiazole rings is 1. The van der Waals surface area contributed by atoms with Gasteiger partial charge in [0, 0.05) is 17.6 Å². The van der Waals surface area contributed by atoms with E-state index >= 15 is 0 Å². The Morgan fingerprint density at radius 2 is 2.17 bits per heavy atom. The molecule has 23 heavy (non-hydrogen) atoms. The van der Waals surface area contributed by atoms with Gasteiger partial charge in [0.2, 0.25) is 0 Å². The number of carbonyl (C=O) groups is 1. The molecule has 0 saturated carbocycles. The molecule has 7 heteroatoms. The van der Waals surface area contributed by atoms with Crippen LogP contribution in [0.1, 0.15) is 26.8 Å². The summed E-state index contributed by atoms with van der Waals surface area (Å²) < 4.78 is 4.64. The van der Waals surface area contributed by atoms with E-state index in [4.69, 9.17) is 0 Å². The van der Waals surface area contributed by atoms with Crippen LogP contribution in [-0.2, 0) is 16.9 Å². The second-order valence-corrected chi connectivity index (χ2v) is 6.68. The van der Waals surface area contributed by atoms with E-state index in [0.29, 0.717) is 16.6 Å². The van der Waals surface area contributed by atoms with Crippen molar-refractivity contribution in [2.24, 2.45) is 0 Å². The number of hydrogen-bond acceptors (Lipinski definition) is 6. The molecule has 0 amide bonds. The molecule has 2 aromatic heterocycles. The van der Waals surface area contributed by atoms with Crippen LogP contribution in [0.3, 0.4) is 0 Å². The Balaban J connectivity index is 1.57. The molecule has 0 saturated heterocycles. The monoisotopic (exact) mass is 345 g/mol. The van der Waals surface area contributed by atoms with Gasteiger partial charge in [0.05, 0.1) is 24.0 Å². The topological polar surface area (TPSA) is 67.9 Å². The maximum atomic E-state index is 11.4. The number of imidazole rings is 1. The number of nitrogens with zero attached hydrogens (tertiary/aromatic N) is 2. The number of benzene rings is 1. The molecule has 5 nitrogen and oxygen atoms in total. The van der Waals surface area contributed by atoms with Crippen LogP contribution < -0.4 is 0 Å². The molecule has 3 rings (SSSR count). The summed E-state index contributed by atoms with van der Waals surface area (Å²) in [5.74, 6) is 0.294. The lowest BCUT2D eigenvalue weighted by molar-refractivity contribution is 0.0594. The van der Waals surface area contributed by atoms with Gasteiger partial charge < -0.3 is 9.72 Å². The van der Waals surface area contributed by atoms with Crippen molar-refractivity contribution < 1.29 is 9.53 Å². The van der Waals surface area contributed by atoms with E-state index in [-0.39, 0.29) is 0 Å². The zero-order valence-electron chi connectivity index (χ0n) is 12.5. The van der Waals surface area contributed by atoms with Crippen molar-refractivity contribution in [3.63, 3.8) is 0 Å². The molecule has 1 N–H and O–H groups in total. The number of esters is 1. The Morgan fingerprint density at radius 1 is 1.35 bits per heavy atom. The SMILES string of the molecule is COC(=O)c1cnc(SCc2csc(Cc3ccccc3)n2)[nH]1. The number of rotatable bonds is 6. The number of carbonyl (C=O) groups excluding carboxylic acids is 1. The summed E-state index contributed by atoms with van der Waals surface area (Å²) in [6.45, 7) is 0. The lowest BCUT2D eigenvalue weighted by atomic mass is 10.2. The Bertz CT molecular complexity index is 783. The lowest BCUT2D eigenvalue weighted by Gasteiger charge is -1.97. The third-order valence-electron chi connectivity index (χ3n) is 3.11. The second kappa shape index (κ2) is 7.43. The zero-order chi connectivity index (χ0) is 16.1. The first kappa shape index (κ1) is 15.8. The smallest absolute Gasteiger partial charge is 0.356 e. The molecule has 0 aliphatic carbocycles. The summed E-state index contributed by atoms with van der Waals surface area (Å²) in [5, 5.41) is 3.85. The fourth-order valence-electron chi connectivity index (χ4n) is 2.00. The molecule has 0 radical (unpaired) electrons. The third-order valence-corrected chi connectivity index (χ3v) is 4.93. The highest BCUT2D eigenvalue weighted by atomic mass is 32.2. The highest BCUT2D eigenvalue weighted by molar-refractivity contribution is 7.98. The number of methoxy groups -OCH3 is 1. The summed E-state index contributed by atoms with van der Waals surface area (Å²) in [7, 11) is 1.35. The van der Waals surface area contributed by atoms with Gasteiger partial charge in [0.1, 0.15) is 5.69 Å². The van der Waals surface area contributed by atoms with Gasteiger partial charge in [-0.05, 0) is 5.56 Å². The molecule has 0 bridgehead atoms. The standard InChI is InChI=1S/C16H15N3O2S2/c1-21-15(20)13-8-17-16(19-13)23-10-12-9-22-14(18-12)7-11-5-3-2-4-6-11/h2-6,8-9H,7,10H2,1H3,(H,17,19). The predicted molar refractivity (Wildman–Crippen MR) is 90.9 cm³/mol. The Hall–Kier alpha value is -2.12. The van der Waals surface area contributed by atoms with Gasteiger partial charge in [-0.15, -0.1) is 11.3 Å². The highest BCUT2D eigenvalue weighted by Gasteiger charge is 2.10. The van der Waals surface area contributed by atoms with Crippen molar-refractivity contribution in [2.75, 3.05) is 7.11 Å². The van der Waals surface area contributed by atoms with Crippen LogP contribution in [0.15, 0.2) is 47.1 Å². The summed E-state index contributed by atoms with van der Waals surface area (Å²) in [6.07, 6.45) is 2.33. The van der Waals surface area contributed by atoms with Crippen LogP contribution >= 0.6 is 23.1 Å². The summed E-state index contributed by atoms with van der Waals surface area (Å²) in [5.41, 5.74) is 2.63. The number of aromatic nitrogens is 3. The quantitative estimate of drug-likeness (QED) is 0.547. The van der Waals surface area contributed by atoms with E-state index in [1.807, 2.05) is 18.2 Å². The van der Waals surface area contributed by atoms with Crippen LogP contribution in [0.5, 0.6) is 0 Å². The molecule has 0 atom stereocenters.